The lowest BCUT2D eigenvalue weighted by molar-refractivity contribution is -0.0601. The number of aliphatic hydroxyl groups is 1. The van der Waals surface area contributed by atoms with Crippen LogP contribution in [0.25, 0.3) is 0 Å². The molecule has 1 aliphatic rings. The maximum absolute atomic E-state index is 9.69. The lowest BCUT2D eigenvalue weighted by atomic mass is 9.89. The Bertz CT molecular complexity index is 146. The third-order valence-corrected chi connectivity index (χ3v) is 2.76. The Kier molecular flexibility index (Phi) is 2.79. The molecule has 0 spiro atoms. The summed E-state index contributed by atoms with van der Waals surface area (Å²) in [5.74, 6) is 1.29. The van der Waals surface area contributed by atoms with E-state index in [0.717, 1.165) is 13.0 Å². The van der Waals surface area contributed by atoms with Crippen LogP contribution in [0.15, 0.2) is 0 Å². The molecule has 1 rings (SSSR count). The van der Waals surface area contributed by atoms with Crippen LogP contribution in [0.4, 0.5) is 0 Å². The van der Waals surface area contributed by atoms with Gasteiger partial charge in [0.15, 0.2) is 0 Å². The van der Waals surface area contributed by atoms with Crippen molar-refractivity contribution in [2.45, 2.75) is 45.8 Å². The molecular formula is C10H20O2. The normalized spacial score (nSPS) is 31.5. The van der Waals surface area contributed by atoms with Gasteiger partial charge in [-0.3, -0.25) is 0 Å². The fourth-order valence-corrected chi connectivity index (χ4v) is 1.61. The second-order valence-corrected chi connectivity index (χ2v) is 4.72. The van der Waals surface area contributed by atoms with Crippen molar-refractivity contribution >= 4 is 0 Å². The zero-order valence-electron chi connectivity index (χ0n) is 8.50. The highest BCUT2D eigenvalue weighted by molar-refractivity contribution is 4.86. The molecule has 0 aromatic heterocycles. The van der Waals surface area contributed by atoms with Crippen molar-refractivity contribution in [3.8, 4) is 0 Å². The van der Waals surface area contributed by atoms with Crippen LogP contribution in [0, 0.1) is 11.8 Å². The SMILES string of the molecule is CC(C)[C@H]1CO[C@@H](C(C)(C)O)C1. The van der Waals surface area contributed by atoms with Crippen LogP contribution in [-0.2, 0) is 4.74 Å². The second-order valence-electron chi connectivity index (χ2n) is 4.72. The molecule has 1 fully saturated rings. The molecule has 0 bridgehead atoms. The van der Waals surface area contributed by atoms with E-state index in [1.54, 1.807) is 0 Å². The van der Waals surface area contributed by atoms with E-state index < -0.39 is 5.60 Å². The Hall–Kier alpha value is -0.0800. The van der Waals surface area contributed by atoms with Crippen LogP contribution in [0.3, 0.4) is 0 Å². The molecule has 2 nitrogen and oxygen atoms in total. The summed E-state index contributed by atoms with van der Waals surface area (Å²) >= 11 is 0. The van der Waals surface area contributed by atoms with Gasteiger partial charge in [0.2, 0.25) is 0 Å². The first-order chi connectivity index (χ1) is 5.41. The van der Waals surface area contributed by atoms with Crippen LogP contribution in [0.5, 0.6) is 0 Å². The largest absolute Gasteiger partial charge is 0.388 e. The fourth-order valence-electron chi connectivity index (χ4n) is 1.61. The molecule has 0 aliphatic carbocycles. The van der Waals surface area contributed by atoms with E-state index >= 15 is 0 Å². The quantitative estimate of drug-likeness (QED) is 0.688. The summed E-state index contributed by atoms with van der Waals surface area (Å²) in [6.07, 6.45) is 1.03. The third kappa shape index (κ3) is 2.20. The molecular weight excluding hydrogens is 152 g/mol. The van der Waals surface area contributed by atoms with E-state index in [0.29, 0.717) is 11.8 Å². The smallest absolute Gasteiger partial charge is 0.0860 e. The first-order valence-corrected chi connectivity index (χ1v) is 4.75. The third-order valence-electron chi connectivity index (χ3n) is 2.76. The van der Waals surface area contributed by atoms with Crippen molar-refractivity contribution in [2.24, 2.45) is 11.8 Å². The lowest BCUT2D eigenvalue weighted by Crippen LogP contribution is -2.35. The molecule has 2 heteroatoms. The predicted molar refractivity (Wildman–Crippen MR) is 49.0 cm³/mol. The lowest BCUT2D eigenvalue weighted by Gasteiger charge is -2.24. The monoisotopic (exact) mass is 172 g/mol. The maximum atomic E-state index is 9.69. The molecule has 0 aromatic rings. The van der Waals surface area contributed by atoms with Gasteiger partial charge in [-0.05, 0) is 32.1 Å². The Morgan fingerprint density at radius 3 is 2.25 bits per heavy atom. The molecule has 0 aromatic carbocycles. The maximum Gasteiger partial charge on any atom is 0.0860 e. The zero-order valence-corrected chi connectivity index (χ0v) is 8.50. The van der Waals surface area contributed by atoms with E-state index in [1.807, 2.05) is 13.8 Å². The molecule has 12 heavy (non-hydrogen) atoms. The van der Waals surface area contributed by atoms with Crippen LogP contribution >= 0.6 is 0 Å². The van der Waals surface area contributed by atoms with Crippen LogP contribution < -0.4 is 0 Å². The molecule has 0 saturated carbocycles. The first kappa shape index (κ1) is 10.0. The Labute approximate surface area is 74.9 Å². The highest BCUT2D eigenvalue weighted by Gasteiger charge is 2.36. The summed E-state index contributed by atoms with van der Waals surface area (Å²) in [7, 11) is 0. The van der Waals surface area contributed by atoms with Crippen molar-refractivity contribution in [2.75, 3.05) is 6.61 Å². The fraction of sp³-hybridized carbons (Fsp3) is 1.00. The van der Waals surface area contributed by atoms with Gasteiger partial charge in [-0.1, -0.05) is 13.8 Å². The van der Waals surface area contributed by atoms with Crippen molar-refractivity contribution in [3.05, 3.63) is 0 Å². The van der Waals surface area contributed by atoms with Crippen LogP contribution in [0.1, 0.15) is 34.1 Å². The zero-order chi connectivity index (χ0) is 9.35. The van der Waals surface area contributed by atoms with E-state index in [-0.39, 0.29) is 6.10 Å². The molecule has 1 saturated heterocycles. The van der Waals surface area contributed by atoms with Gasteiger partial charge in [0, 0.05) is 0 Å². The van der Waals surface area contributed by atoms with Gasteiger partial charge in [-0.2, -0.15) is 0 Å². The highest BCUT2D eigenvalue weighted by atomic mass is 16.5. The minimum absolute atomic E-state index is 0.0323. The predicted octanol–water partition coefficient (Wildman–Crippen LogP) is 1.82. The van der Waals surface area contributed by atoms with Crippen molar-refractivity contribution in [1.82, 2.24) is 0 Å². The number of hydrogen-bond acceptors (Lipinski definition) is 2. The number of ether oxygens (including phenoxy) is 1. The number of rotatable bonds is 2. The van der Waals surface area contributed by atoms with Gasteiger partial charge in [0.05, 0.1) is 18.3 Å². The van der Waals surface area contributed by atoms with Gasteiger partial charge >= 0.3 is 0 Å². The van der Waals surface area contributed by atoms with Gasteiger partial charge in [-0.25, -0.2) is 0 Å². The molecule has 0 unspecified atom stereocenters. The first-order valence-electron chi connectivity index (χ1n) is 4.75. The van der Waals surface area contributed by atoms with E-state index in [9.17, 15) is 5.11 Å². The standard InChI is InChI=1S/C10H20O2/c1-7(2)8-5-9(12-6-8)10(3,4)11/h7-9,11H,5-6H2,1-4H3/t8-,9-/m1/s1. The van der Waals surface area contributed by atoms with E-state index in [2.05, 4.69) is 13.8 Å². The van der Waals surface area contributed by atoms with Gasteiger partial charge < -0.3 is 9.84 Å². The van der Waals surface area contributed by atoms with Crippen LogP contribution in [0.2, 0.25) is 0 Å². The highest BCUT2D eigenvalue weighted by Crippen LogP contribution is 2.31. The summed E-state index contributed by atoms with van der Waals surface area (Å²) in [5, 5.41) is 9.69. The second kappa shape index (κ2) is 3.35. The summed E-state index contributed by atoms with van der Waals surface area (Å²) in [5.41, 5.74) is -0.677. The topological polar surface area (TPSA) is 29.5 Å². The number of hydrogen-bond donors (Lipinski definition) is 1. The van der Waals surface area contributed by atoms with Crippen molar-refractivity contribution < 1.29 is 9.84 Å². The molecule has 0 amide bonds. The molecule has 1 aliphatic heterocycles. The summed E-state index contributed by atoms with van der Waals surface area (Å²) in [6, 6.07) is 0. The molecule has 1 N–H and O–H groups in total. The summed E-state index contributed by atoms with van der Waals surface area (Å²) < 4.78 is 5.54. The Morgan fingerprint density at radius 1 is 1.42 bits per heavy atom. The van der Waals surface area contributed by atoms with Gasteiger partial charge in [0.25, 0.3) is 0 Å². The van der Waals surface area contributed by atoms with E-state index in [4.69, 9.17) is 4.74 Å². The molecule has 72 valence electrons. The summed E-state index contributed by atoms with van der Waals surface area (Å²) in [4.78, 5) is 0. The Morgan fingerprint density at radius 2 is 2.00 bits per heavy atom. The molecule has 1 heterocycles. The van der Waals surface area contributed by atoms with Crippen molar-refractivity contribution in [3.63, 3.8) is 0 Å². The minimum atomic E-state index is -0.677. The van der Waals surface area contributed by atoms with E-state index in [1.165, 1.54) is 0 Å². The minimum Gasteiger partial charge on any atom is -0.388 e. The average Bonchev–Trinajstić information content (AvgIpc) is 2.30. The summed E-state index contributed by atoms with van der Waals surface area (Å²) in [6.45, 7) is 8.87. The van der Waals surface area contributed by atoms with Crippen LogP contribution in [-0.4, -0.2) is 23.4 Å². The molecule has 0 radical (unpaired) electrons. The Balaban J connectivity index is 2.46. The van der Waals surface area contributed by atoms with Crippen molar-refractivity contribution in [1.29, 1.82) is 0 Å². The van der Waals surface area contributed by atoms with Gasteiger partial charge in [-0.15, -0.1) is 0 Å². The molecule has 2 atom stereocenters. The van der Waals surface area contributed by atoms with Gasteiger partial charge in [0.1, 0.15) is 0 Å². The average molecular weight is 172 g/mol.